The number of hydrogen-bond acceptors (Lipinski definition) is 7. The van der Waals surface area contributed by atoms with Gasteiger partial charge in [0.2, 0.25) is 0 Å². The van der Waals surface area contributed by atoms with Gasteiger partial charge in [0.05, 0.1) is 17.3 Å². The average Bonchev–Trinajstić information content (AvgIpc) is 2.75. The molecule has 0 heterocycles. The van der Waals surface area contributed by atoms with E-state index in [-0.39, 0.29) is 12.2 Å². The van der Waals surface area contributed by atoms with Gasteiger partial charge >= 0.3 is 0 Å². The van der Waals surface area contributed by atoms with Gasteiger partial charge in [-0.25, -0.2) is 0 Å². The van der Waals surface area contributed by atoms with Gasteiger partial charge in [0.25, 0.3) is 0 Å². The van der Waals surface area contributed by atoms with E-state index in [4.69, 9.17) is 21.2 Å². The largest absolute Gasteiger partial charge is 0.550 e. The van der Waals surface area contributed by atoms with Crippen LogP contribution in [0.1, 0.15) is 49.8 Å². The second kappa shape index (κ2) is 13.2. The third-order valence-corrected chi connectivity index (χ3v) is 6.32. The average molecular weight is 479 g/mol. The fourth-order valence-electron chi connectivity index (χ4n) is 3.25. The molecule has 0 unspecified atom stereocenters. The van der Waals surface area contributed by atoms with E-state index in [9.17, 15) is 15.0 Å². The Kier molecular flexibility index (Phi) is 10.7. The highest BCUT2D eigenvalue weighted by Crippen LogP contribution is 2.34. The summed E-state index contributed by atoms with van der Waals surface area (Å²) >= 11 is 7.85. The smallest absolute Gasteiger partial charge is 0.131 e. The van der Waals surface area contributed by atoms with Gasteiger partial charge in [-0.1, -0.05) is 43.1 Å². The van der Waals surface area contributed by atoms with Crippen molar-refractivity contribution in [3.63, 3.8) is 0 Å². The SMILES string of the molecule is CCCc1c(OCCCSc2ccc(CC(=O)[O-])cc2Cl)ccc(/C(CC)=N/OC)c1O. The van der Waals surface area contributed by atoms with Crippen LogP contribution in [0.3, 0.4) is 0 Å². The third-order valence-electron chi connectivity index (χ3n) is 4.74. The minimum atomic E-state index is -1.13. The molecular weight excluding hydrogens is 450 g/mol. The summed E-state index contributed by atoms with van der Waals surface area (Å²) in [7, 11) is 1.49. The molecule has 174 valence electrons. The van der Waals surface area contributed by atoms with Crippen LogP contribution in [-0.4, -0.2) is 36.3 Å². The van der Waals surface area contributed by atoms with E-state index in [1.54, 1.807) is 23.9 Å². The molecule has 0 radical (unpaired) electrons. The van der Waals surface area contributed by atoms with Gasteiger partial charge in [0.15, 0.2) is 0 Å². The fourth-order valence-corrected chi connectivity index (χ4v) is 4.46. The van der Waals surface area contributed by atoms with Crippen molar-refractivity contribution in [3.05, 3.63) is 52.0 Å². The van der Waals surface area contributed by atoms with Crippen LogP contribution in [0.15, 0.2) is 40.4 Å². The van der Waals surface area contributed by atoms with Crippen LogP contribution in [-0.2, 0) is 22.5 Å². The zero-order valence-electron chi connectivity index (χ0n) is 18.7. The molecule has 0 amide bonds. The Morgan fingerprint density at radius 1 is 1.25 bits per heavy atom. The van der Waals surface area contributed by atoms with E-state index >= 15 is 0 Å². The molecule has 0 bridgehead atoms. The molecule has 0 saturated heterocycles. The molecule has 0 atom stereocenters. The van der Waals surface area contributed by atoms with Crippen molar-refractivity contribution in [2.45, 2.75) is 50.8 Å². The lowest BCUT2D eigenvalue weighted by molar-refractivity contribution is -0.304. The number of oxime groups is 1. The predicted molar refractivity (Wildman–Crippen MR) is 127 cm³/mol. The summed E-state index contributed by atoms with van der Waals surface area (Å²) < 4.78 is 5.98. The van der Waals surface area contributed by atoms with Crippen LogP contribution >= 0.6 is 23.4 Å². The molecular formula is C24H29ClNO5S-. The van der Waals surface area contributed by atoms with Crippen LogP contribution in [0.25, 0.3) is 0 Å². The minimum absolute atomic E-state index is 0.151. The number of halogens is 1. The molecule has 0 aromatic heterocycles. The summed E-state index contributed by atoms with van der Waals surface area (Å²) in [5, 5.41) is 26.1. The normalized spacial score (nSPS) is 11.4. The van der Waals surface area contributed by atoms with E-state index in [1.165, 1.54) is 7.11 Å². The predicted octanol–water partition coefficient (Wildman–Crippen LogP) is 4.61. The number of rotatable bonds is 13. The Morgan fingerprint density at radius 2 is 2.03 bits per heavy atom. The molecule has 32 heavy (non-hydrogen) atoms. The van der Waals surface area contributed by atoms with E-state index in [1.807, 2.05) is 25.1 Å². The van der Waals surface area contributed by atoms with E-state index < -0.39 is 5.97 Å². The van der Waals surface area contributed by atoms with E-state index in [2.05, 4.69) is 12.1 Å². The molecule has 0 aliphatic carbocycles. The first-order valence-corrected chi connectivity index (χ1v) is 12.0. The van der Waals surface area contributed by atoms with Crippen molar-refractivity contribution in [2.24, 2.45) is 5.16 Å². The van der Waals surface area contributed by atoms with Gasteiger partial charge in [-0.3, -0.25) is 0 Å². The summed E-state index contributed by atoms with van der Waals surface area (Å²) in [6, 6.07) is 8.93. The van der Waals surface area contributed by atoms with Gasteiger partial charge in [0.1, 0.15) is 18.6 Å². The number of benzene rings is 2. The number of aliphatic carboxylic acids is 1. The summed E-state index contributed by atoms with van der Waals surface area (Å²) in [5.74, 6) is 0.528. The molecule has 1 N–H and O–H groups in total. The highest BCUT2D eigenvalue weighted by molar-refractivity contribution is 7.99. The minimum Gasteiger partial charge on any atom is -0.550 e. The maximum atomic E-state index is 10.8. The summed E-state index contributed by atoms with van der Waals surface area (Å²) in [4.78, 5) is 16.5. The van der Waals surface area contributed by atoms with Crippen molar-refractivity contribution in [3.8, 4) is 11.5 Å². The topological polar surface area (TPSA) is 91.2 Å². The number of ether oxygens (including phenoxy) is 1. The Balaban J connectivity index is 1.97. The maximum Gasteiger partial charge on any atom is 0.131 e. The molecule has 0 aliphatic heterocycles. The first kappa shape index (κ1) is 25.9. The number of phenols is 1. The van der Waals surface area contributed by atoms with Gasteiger partial charge in [0, 0.05) is 34.2 Å². The molecule has 2 aromatic rings. The lowest BCUT2D eigenvalue weighted by Crippen LogP contribution is -2.24. The van der Waals surface area contributed by atoms with Crippen molar-refractivity contribution in [2.75, 3.05) is 19.5 Å². The number of thioether (sulfide) groups is 1. The molecule has 0 saturated carbocycles. The molecule has 6 nitrogen and oxygen atoms in total. The first-order chi connectivity index (χ1) is 15.4. The lowest BCUT2D eigenvalue weighted by atomic mass is 9.99. The lowest BCUT2D eigenvalue weighted by Gasteiger charge is -2.16. The van der Waals surface area contributed by atoms with Gasteiger partial charge in [-0.15, -0.1) is 11.8 Å². The number of carbonyl (C=O) groups excluding carboxylic acids is 1. The number of hydrogen-bond donors (Lipinski definition) is 1. The van der Waals surface area contributed by atoms with Crippen LogP contribution in [0.4, 0.5) is 0 Å². The third kappa shape index (κ3) is 7.35. The fraction of sp³-hybridized carbons (Fsp3) is 0.417. The molecule has 0 aliphatic rings. The highest BCUT2D eigenvalue weighted by Gasteiger charge is 2.17. The van der Waals surface area contributed by atoms with Crippen molar-refractivity contribution < 1.29 is 24.6 Å². The Labute approximate surface area is 198 Å². The summed E-state index contributed by atoms with van der Waals surface area (Å²) in [6.07, 6.45) is 2.84. The Morgan fingerprint density at radius 3 is 2.66 bits per heavy atom. The quantitative estimate of drug-likeness (QED) is 0.195. The molecule has 2 aromatic carbocycles. The zero-order chi connectivity index (χ0) is 23.5. The van der Waals surface area contributed by atoms with Crippen LogP contribution in [0, 0.1) is 0 Å². The standard InChI is InChI=1S/C24H30ClNO5S/c1-4-7-18-21(10-9-17(24(18)29)20(5-2)26-30-3)31-12-6-13-32-22-11-8-16(14-19(22)25)15-23(27)28/h8-11,14,29H,4-7,12-13,15H2,1-3H3,(H,27,28)/p-1/b26-20+. The number of aromatic hydroxyl groups is 1. The van der Waals surface area contributed by atoms with Crippen molar-refractivity contribution in [1.29, 1.82) is 0 Å². The van der Waals surface area contributed by atoms with Gasteiger partial charge in [-0.2, -0.15) is 0 Å². The molecule has 0 spiro atoms. The van der Waals surface area contributed by atoms with Crippen LogP contribution in [0.5, 0.6) is 11.5 Å². The number of phenolic OH excluding ortho intramolecular Hbond substituents is 1. The summed E-state index contributed by atoms with van der Waals surface area (Å²) in [6.45, 7) is 4.51. The van der Waals surface area contributed by atoms with Crippen molar-refractivity contribution >= 4 is 35.0 Å². The van der Waals surface area contributed by atoms with E-state index in [0.717, 1.165) is 29.1 Å². The van der Waals surface area contributed by atoms with Crippen LogP contribution < -0.4 is 9.84 Å². The highest BCUT2D eigenvalue weighted by atomic mass is 35.5. The molecule has 8 heteroatoms. The summed E-state index contributed by atoms with van der Waals surface area (Å²) in [5.41, 5.74) is 2.75. The number of carbonyl (C=O) groups is 1. The maximum absolute atomic E-state index is 10.8. The van der Waals surface area contributed by atoms with Crippen LogP contribution in [0.2, 0.25) is 5.02 Å². The van der Waals surface area contributed by atoms with Crippen molar-refractivity contribution in [1.82, 2.24) is 0 Å². The number of carboxylic acids is 1. The second-order valence-electron chi connectivity index (χ2n) is 7.13. The first-order valence-electron chi connectivity index (χ1n) is 10.6. The Bertz CT molecular complexity index is 948. The molecule has 2 rings (SSSR count). The second-order valence-corrected chi connectivity index (χ2v) is 8.67. The number of nitrogens with zero attached hydrogens (tertiary/aromatic N) is 1. The molecule has 0 fully saturated rings. The van der Waals surface area contributed by atoms with Gasteiger partial charge in [-0.05, 0) is 49.1 Å². The Hall–Kier alpha value is -2.38. The zero-order valence-corrected chi connectivity index (χ0v) is 20.2. The van der Waals surface area contributed by atoms with Gasteiger partial charge < -0.3 is 24.6 Å². The van der Waals surface area contributed by atoms with E-state index in [0.29, 0.717) is 47.1 Å². The monoisotopic (exact) mass is 478 g/mol. The number of carboxylic acid groups (broad SMARTS) is 1.